The van der Waals surface area contributed by atoms with Gasteiger partial charge in [-0.05, 0) is 24.3 Å². The molecule has 0 aliphatic rings. The third-order valence-corrected chi connectivity index (χ3v) is 3.98. The van der Waals surface area contributed by atoms with Crippen LogP contribution in [0.5, 0.6) is 0 Å². The predicted octanol–water partition coefficient (Wildman–Crippen LogP) is 2.08. The topological polar surface area (TPSA) is 68.3 Å². The number of carbonyl (C=O) groups is 1. The van der Waals surface area contributed by atoms with E-state index < -0.39 is 5.76 Å². The number of aromatic nitrogens is 2. The maximum absolute atomic E-state index is 12.3. The molecule has 1 aromatic carbocycles. The number of aryl methyl sites for hydroxylation is 1. The van der Waals surface area contributed by atoms with Crippen LogP contribution in [0.3, 0.4) is 0 Å². The standard InChI is InChI=1S/C18H19N3O3/c1-20(12-9-14-6-4-5-11-19-14)17(22)10-13-21-15-7-2-3-8-16(15)24-18(21)23/h2-8,11H,9-10,12-13H2,1H3. The van der Waals surface area contributed by atoms with E-state index in [1.54, 1.807) is 24.2 Å². The molecule has 24 heavy (non-hydrogen) atoms. The zero-order chi connectivity index (χ0) is 16.9. The summed E-state index contributed by atoms with van der Waals surface area (Å²) in [6.07, 6.45) is 2.70. The van der Waals surface area contributed by atoms with E-state index in [9.17, 15) is 9.59 Å². The van der Waals surface area contributed by atoms with Crippen LogP contribution in [-0.2, 0) is 17.8 Å². The van der Waals surface area contributed by atoms with Crippen LogP contribution >= 0.6 is 0 Å². The number of carbonyl (C=O) groups excluding carboxylic acids is 1. The van der Waals surface area contributed by atoms with E-state index >= 15 is 0 Å². The Labute approximate surface area is 139 Å². The molecule has 0 N–H and O–H groups in total. The van der Waals surface area contributed by atoms with Crippen LogP contribution in [0.2, 0.25) is 0 Å². The lowest BCUT2D eigenvalue weighted by atomic mass is 10.2. The number of likely N-dealkylation sites (N-methyl/N-ethyl adjacent to an activating group) is 1. The lowest BCUT2D eigenvalue weighted by Gasteiger charge is -2.17. The van der Waals surface area contributed by atoms with Gasteiger partial charge >= 0.3 is 5.76 Å². The Bertz CT molecular complexity index is 883. The summed E-state index contributed by atoms with van der Waals surface area (Å²) in [5.41, 5.74) is 2.21. The molecule has 0 fully saturated rings. The van der Waals surface area contributed by atoms with Crippen molar-refractivity contribution < 1.29 is 9.21 Å². The van der Waals surface area contributed by atoms with Gasteiger partial charge in [-0.2, -0.15) is 0 Å². The molecular weight excluding hydrogens is 306 g/mol. The van der Waals surface area contributed by atoms with Gasteiger partial charge in [-0.15, -0.1) is 0 Å². The van der Waals surface area contributed by atoms with Crippen LogP contribution in [0.4, 0.5) is 0 Å². The normalized spacial score (nSPS) is 10.9. The number of amides is 1. The van der Waals surface area contributed by atoms with Crippen molar-refractivity contribution in [3.63, 3.8) is 0 Å². The van der Waals surface area contributed by atoms with Crippen molar-refractivity contribution in [2.75, 3.05) is 13.6 Å². The minimum atomic E-state index is -0.430. The van der Waals surface area contributed by atoms with Crippen LogP contribution in [-0.4, -0.2) is 34.0 Å². The van der Waals surface area contributed by atoms with E-state index in [2.05, 4.69) is 4.98 Å². The Morgan fingerprint density at radius 2 is 2.00 bits per heavy atom. The minimum absolute atomic E-state index is 0.0110. The minimum Gasteiger partial charge on any atom is -0.408 e. The molecule has 2 aromatic heterocycles. The lowest BCUT2D eigenvalue weighted by molar-refractivity contribution is -0.130. The molecule has 6 nitrogen and oxygen atoms in total. The highest BCUT2D eigenvalue weighted by molar-refractivity contribution is 5.76. The number of para-hydroxylation sites is 2. The van der Waals surface area contributed by atoms with Crippen LogP contribution in [0.1, 0.15) is 12.1 Å². The summed E-state index contributed by atoms with van der Waals surface area (Å²) in [5, 5.41) is 0. The van der Waals surface area contributed by atoms with E-state index in [-0.39, 0.29) is 12.3 Å². The SMILES string of the molecule is CN(CCc1ccccn1)C(=O)CCn1c(=O)oc2ccccc21. The molecule has 0 aliphatic carbocycles. The summed E-state index contributed by atoms with van der Waals surface area (Å²) in [4.78, 5) is 30.1. The quantitative estimate of drug-likeness (QED) is 0.696. The molecule has 0 bridgehead atoms. The third-order valence-electron chi connectivity index (χ3n) is 3.98. The number of rotatable bonds is 6. The largest absolute Gasteiger partial charge is 0.419 e. The summed E-state index contributed by atoms with van der Waals surface area (Å²) in [7, 11) is 1.77. The smallest absolute Gasteiger partial charge is 0.408 e. The number of fused-ring (bicyclic) bond motifs is 1. The molecular formula is C18H19N3O3. The highest BCUT2D eigenvalue weighted by atomic mass is 16.4. The number of oxazole rings is 1. The second-order valence-corrected chi connectivity index (χ2v) is 5.62. The van der Waals surface area contributed by atoms with Gasteiger partial charge < -0.3 is 9.32 Å². The van der Waals surface area contributed by atoms with Gasteiger partial charge in [0.2, 0.25) is 5.91 Å². The maximum Gasteiger partial charge on any atom is 0.419 e. The first kappa shape index (κ1) is 16.0. The van der Waals surface area contributed by atoms with Crippen molar-refractivity contribution in [3.05, 3.63) is 64.9 Å². The van der Waals surface area contributed by atoms with Gasteiger partial charge in [0.15, 0.2) is 5.58 Å². The average Bonchev–Trinajstić information content (AvgIpc) is 2.93. The first-order valence-corrected chi connectivity index (χ1v) is 7.87. The van der Waals surface area contributed by atoms with Gasteiger partial charge in [0, 0.05) is 44.9 Å². The van der Waals surface area contributed by atoms with Gasteiger partial charge in [-0.3, -0.25) is 14.3 Å². The summed E-state index contributed by atoms with van der Waals surface area (Å²) >= 11 is 0. The molecule has 0 radical (unpaired) electrons. The van der Waals surface area contributed by atoms with Gasteiger partial charge in [0.05, 0.1) is 5.52 Å². The highest BCUT2D eigenvalue weighted by Gasteiger charge is 2.13. The van der Waals surface area contributed by atoms with E-state index in [0.29, 0.717) is 30.6 Å². The first-order chi connectivity index (χ1) is 11.6. The molecule has 124 valence electrons. The van der Waals surface area contributed by atoms with Gasteiger partial charge in [-0.25, -0.2) is 4.79 Å². The van der Waals surface area contributed by atoms with Crippen molar-refractivity contribution in [1.82, 2.24) is 14.5 Å². The van der Waals surface area contributed by atoms with Crippen molar-refractivity contribution in [2.24, 2.45) is 0 Å². The zero-order valence-corrected chi connectivity index (χ0v) is 13.5. The fourth-order valence-electron chi connectivity index (χ4n) is 2.58. The Kier molecular flexibility index (Phi) is 4.74. The lowest BCUT2D eigenvalue weighted by Crippen LogP contribution is -2.30. The maximum atomic E-state index is 12.3. The number of benzene rings is 1. The summed E-state index contributed by atoms with van der Waals surface area (Å²) in [6.45, 7) is 0.902. The Morgan fingerprint density at radius 1 is 1.21 bits per heavy atom. The fraction of sp³-hybridized carbons (Fsp3) is 0.278. The number of hydrogen-bond acceptors (Lipinski definition) is 4. The van der Waals surface area contributed by atoms with Gasteiger partial charge in [0.1, 0.15) is 0 Å². The molecule has 6 heteroatoms. The second kappa shape index (κ2) is 7.12. The van der Waals surface area contributed by atoms with Crippen LogP contribution in [0.25, 0.3) is 11.1 Å². The molecule has 0 unspecified atom stereocenters. The first-order valence-electron chi connectivity index (χ1n) is 7.87. The van der Waals surface area contributed by atoms with Gasteiger partial charge in [-0.1, -0.05) is 18.2 Å². The van der Waals surface area contributed by atoms with E-state index in [0.717, 1.165) is 5.69 Å². The Morgan fingerprint density at radius 3 is 2.79 bits per heavy atom. The average molecular weight is 325 g/mol. The van der Waals surface area contributed by atoms with Crippen LogP contribution < -0.4 is 5.76 Å². The molecule has 3 aromatic rings. The highest BCUT2D eigenvalue weighted by Crippen LogP contribution is 2.12. The zero-order valence-electron chi connectivity index (χ0n) is 13.5. The van der Waals surface area contributed by atoms with E-state index in [1.807, 2.05) is 36.4 Å². The van der Waals surface area contributed by atoms with Crippen molar-refractivity contribution in [1.29, 1.82) is 0 Å². The summed E-state index contributed by atoms with van der Waals surface area (Å²) in [5.74, 6) is -0.441. The van der Waals surface area contributed by atoms with Crippen LogP contribution in [0.15, 0.2) is 57.9 Å². The molecule has 0 spiro atoms. The molecule has 3 rings (SSSR count). The number of hydrogen-bond donors (Lipinski definition) is 0. The Hall–Kier alpha value is -2.89. The second-order valence-electron chi connectivity index (χ2n) is 5.62. The molecule has 0 saturated heterocycles. The molecule has 2 heterocycles. The molecule has 0 saturated carbocycles. The Balaban J connectivity index is 1.58. The third kappa shape index (κ3) is 3.53. The van der Waals surface area contributed by atoms with Crippen LogP contribution in [0, 0.1) is 0 Å². The molecule has 1 amide bonds. The number of nitrogens with zero attached hydrogens (tertiary/aromatic N) is 3. The monoisotopic (exact) mass is 325 g/mol. The molecule has 0 aliphatic heterocycles. The predicted molar refractivity (Wildman–Crippen MR) is 90.7 cm³/mol. The van der Waals surface area contributed by atoms with E-state index in [1.165, 1.54) is 4.57 Å². The number of pyridine rings is 1. The van der Waals surface area contributed by atoms with Crippen molar-refractivity contribution >= 4 is 17.0 Å². The summed E-state index contributed by atoms with van der Waals surface area (Å²) in [6, 6.07) is 13.0. The fourth-order valence-corrected chi connectivity index (χ4v) is 2.58. The van der Waals surface area contributed by atoms with Crippen molar-refractivity contribution in [2.45, 2.75) is 19.4 Å². The molecule has 0 atom stereocenters. The van der Waals surface area contributed by atoms with E-state index in [4.69, 9.17) is 4.42 Å². The van der Waals surface area contributed by atoms with Gasteiger partial charge in [0.25, 0.3) is 0 Å². The summed E-state index contributed by atoms with van der Waals surface area (Å²) < 4.78 is 6.67. The van der Waals surface area contributed by atoms with Crippen molar-refractivity contribution in [3.8, 4) is 0 Å².